The van der Waals surface area contributed by atoms with Crippen LogP contribution in [-0.4, -0.2) is 17.6 Å². The second kappa shape index (κ2) is 5.34. The molecule has 0 fully saturated rings. The molecule has 2 N–H and O–H groups in total. The van der Waals surface area contributed by atoms with Gasteiger partial charge in [0, 0.05) is 18.4 Å². The van der Waals surface area contributed by atoms with Crippen molar-refractivity contribution in [1.82, 2.24) is 4.98 Å². The normalized spacial score (nSPS) is 12.1. The molecule has 0 aliphatic carbocycles. The lowest BCUT2D eigenvalue weighted by molar-refractivity contribution is -0.143. The summed E-state index contributed by atoms with van der Waals surface area (Å²) in [6.45, 7) is 2.16. The van der Waals surface area contributed by atoms with Gasteiger partial charge in [0.15, 0.2) is 0 Å². The highest BCUT2D eigenvalue weighted by Crippen LogP contribution is 2.12. The molecule has 0 radical (unpaired) electrons. The Kier molecular flexibility index (Phi) is 4.07. The molecule has 0 spiro atoms. The lowest BCUT2D eigenvalue weighted by Gasteiger charge is -2.10. The summed E-state index contributed by atoms with van der Waals surface area (Å²) in [5, 5.41) is 0. The van der Waals surface area contributed by atoms with Gasteiger partial charge < -0.3 is 10.5 Å². The second-order valence-electron chi connectivity index (χ2n) is 2.90. The van der Waals surface area contributed by atoms with E-state index in [4.69, 9.17) is 10.5 Å². The molecule has 0 bridgehead atoms. The number of esters is 1. The first-order chi connectivity index (χ1) is 6.74. The zero-order valence-electron chi connectivity index (χ0n) is 8.14. The monoisotopic (exact) mass is 194 g/mol. The fourth-order valence-electron chi connectivity index (χ4n) is 1.13. The number of ether oxygens (including phenoxy) is 1. The molecule has 0 saturated heterocycles. The van der Waals surface area contributed by atoms with E-state index in [1.807, 2.05) is 0 Å². The lowest BCUT2D eigenvalue weighted by atomic mass is 10.1. The predicted octanol–water partition coefficient (Wildman–Crippen LogP) is 1.03. The Morgan fingerprint density at radius 1 is 1.57 bits per heavy atom. The van der Waals surface area contributed by atoms with Crippen LogP contribution in [0, 0.1) is 0 Å². The number of aromatic nitrogens is 1. The van der Waals surface area contributed by atoms with Gasteiger partial charge in [0.2, 0.25) is 0 Å². The van der Waals surface area contributed by atoms with Crippen LogP contribution in [0.3, 0.4) is 0 Å². The summed E-state index contributed by atoms with van der Waals surface area (Å²) in [4.78, 5) is 15.0. The van der Waals surface area contributed by atoms with Crippen LogP contribution in [0.1, 0.15) is 24.9 Å². The summed E-state index contributed by atoms with van der Waals surface area (Å²) in [6, 6.07) is 3.28. The van der Waals surface area contributed by atoms with Gasteiger partial charge in [-0.1, -0.05) is 0 Å². The first-order valence-corrected chi connectivity index (χ1v) is 4.55. The molecule has 0 aliphatic heterocycles. The SMILES string of the molecule is CCOC(=O)C[C@H](N)c1ccncc1. The van der Waals surface area contributed by atoms with E-state index in [-0.39, 0.29) is 18.4 Å². The highest BCUT2D eigenvalue weighted by atomic mass is 16.5. The van der Waals surface area contributed by atoms with E-state index >= 15 is 0 Å². The lowest BCUT2D eigenvalue weighted by Crippen LogP contribution is -2.17. The zero-order valence-corrected chi connectivity index (χ0v) is 8.14. The first-order valence-electron chi connectivity index (χ1n) is 4.55. The molecule has 14 heavy (non-hydrogen) atoms. The average Bonchev–Trinajstić information content (AvgIpc) is 2.19. The molecule has 1 rings (SSSR count). The van der Waals surface area contributed by atoms with Gasteiger partial charge in [-0.15, -0.1) is 0 Å². The molecule has 0 unspecified atom stereocenters. The van der Waals surface area contributed by atoms with Gasteiger partial charge in [-0.05, 0) is 24.6 Å². The van der Waals surface area contributed by atoms with E-state index in [0.29, 0.717) is 6.61 Å². The van der Waals surface area contributed by atoms with Crippen LogP contribution in [-0.2, 0) is 9.53 Å². The van der Waals surface area contributed by atoms with Gasteiger partial charge in [-0.2, -0.15) is 0 Å². The number of carbonyl (C=O) groups excluding carboxylic acids is 1. The van der Waals surface area contributed by atoms with E-state index in [2.05, 4.69) is 4.98 Å². The smallest absolute Gasteiger partial charge is 0.307 e. The molecular formula is C10H14N2O2. The van der Waals surface area contributed by atoms with E-state index in [1.54, 1.807) is 31.5 Å². The molecular weight excluding hydrogens is 180 g/mol. The van der Waals surface area contributed by atoms with Crippen LogP contribution in [0.25, 0.3) is 0 Å². The van der Waals surface area contributed by atoms with Gasteiger partial charge >= 0.3 is 5.97 Å². The summed E-state index contributed by atoms with van der Waals surface area (Å²) < 4.78 is 4.80. The van der Waals surface area contributed by atoms with Crippen molar-refractivity contribution < 1.29 is 9.53 Å². The van der Waals surface area contributed by atoms with E-state index in [0.717, 1.165) is 5.56 Å². The Bertz CT molecular complexity index is 287. The van der Waals surface area contributed by atoms with Crippen LogP contribution in [0.15, 0.2) is 24.5 Å². The first kappa shape index (κ1) is 10.7. The molecule has 0 saturated carbocycles. The maximum absolute atomic E-state index is 11.1. The minimum atomic E-state index is -0.308. The van der Waals surface area contributed by atoms with Crippen molar-refractivity contribution in [2.45, 2.75) is 19.4 Å². The standard InChI is InChI=1S/C10H14N2O2/c1-2-14-10(13)7-9(11)8-3-5-12-6-4-8/h3-6,9H,2,7,11H2,1H3/t9-/m0/s1. The fraction of sp³-hybridized carbons (Fsp3) is 0.400. The largest absolute Gasteiger partial charge is 0.466 e. The maximum atomic E-state index is 11.1. The van der Waals surface area contributed by atoms with Crippen molar-refractivity contribution >= 4 is 5.97 Å². The maximum Gasteiger partial charge on any atom is 0.307 e. The molecule has 1 aromatic heterocycles. The van der Waals surface area contributed by atoms with Gasteiger partial charge in [0.05, 0.1) is 13.0 Å². The molecule has 76 valence electrons. The fourth-order valence-corrected chi connectivity index (χ4v) is 1.13. The van der Waals surface area contributed by atoms with Crippen LogP contribution < -0.4 is 5.73 Å². The minimum Gasteiger partial charge on any atom is -0.466 e. The number of hydrogen-bond acceptors (Lipinski definition) is 4. The third kappa shape index (κ3) is 3.14. The van der Waals surface area contributed by atoms with Gasteiger partial charge in [-0.3, -0.25) is 9.78 Å². The van der Waals surface area contributed by atoms with Crippen LogP contribution in [0.2, 0.25) is 0 Å². The van der Waals surface area contributed by atoms with Crippen LogP contribution in [0.5, 0.6) is 0 Å². The van der Waals surface area contributed by atoms with E-state index in [1.165, 1.54) is 0 Å². The molecule has 1 heterocycles. The summed E-state index contributed by atoms with van der Waals surface area (Å²) in [5.41, 5.74) is 6.69. The van der Waals surface area contributed by atoms with E-state index < -0.39 is 0 Å². The Morgan fingerprint density at radius 2 is 2.21 bits per heavy atom. The number of nitrogens with two attached hydrogens (primary N) is 1. The minimum absolute atomic E-state index is 0.206. The molecule has 1 aromatic rings. The van der Waals surface area contributed by atoms with Crippen molar-refractivity contribution in [3.8, 4) is 0 Å². The Balaban J connectivity index is 2.50. The number of rotatable bonds is 4. The zero-order chi connectivity index (χ0) is 10.4. The second-order valence-corrected chi connectivity index (χ2v) is 2.90. The van der Waals surface area contributed by atoms with Gasteiger partial charge in [-0.25, -0.2) is 0 Å². The van der Waals surface area contributed by atoms with Crippen molar-refractivity contribution in [3.05, 3.63) is 30.1 Å². The Morgan fingerprint density at radius 3 is 2.79 bits per heavy atom. The molecule has 0 aliphatic rings. The van der Waals surface area contributed by atoms with Crippen molar-refractivity contribution in [2.24, 2.45) is 5.73 Å². The third-order valence-electron chi connectivity index (χ3n) is 1.83. The highest BCUT2D eigenvalue weighted by Gasteiger charge is 2.11. The van der Waals surface area contributed by atoms with Gasteiger partial charge in [0.1, 0.15) is 0 Å². The summed E-state index contributed by atoms with van der Waals surface area (Å²) >= 11 is 0. The number of pyridine rings is 1. The molecule has 0 amide bonds. The molecule has 4 nitrogen and oxygen atoms in total. The number of carbonyl (C=O) groups is 1. The molecule has 1 atom stereocenters. The quantitative estimate of drug-likeness (QED) is 0.727. The summed E-state index contributed by atoms with van der Waals surface area (Å²) in [7, 11) is 0. The summed E-state index contributed by atoms with van der Waals surface area (Å²) in [6.07, 6.45) is 3.51. The number of hydrogen-bond donors (Lipinski definition) is 1. The average molecular weight is 194 g/mol. The molecule has 4 heteroatoms. The predicted molar refractivity (Wildman–Crippen MR) is 52.4 cm³/mol. The van der Waals surface area contributed by atoms with Crippen molar-refractivity contribution in [1.29, 1.82) is 0 Å². The molecule has 0 aromatic carbocycles. The third-order valence-corrected chi connectivity index (χ3v) is 1.83. The van der Waals surface area contributed by atoms with Crippen LogP contribution in [0.4, 0.5) is 0 Å². The summed E-state index contributed by atoms with van der Waals surface area (Å²) in [5.74, 6) is -0.267. The Hall–Kier alpha value is -1.42. The highest BCUT2D eigenvalue weighted by molar-refractivity contribution is 5.70. The van der Waals surface area contributed by atoms with Crippen molar-refractivity contribution in [3.63, 3.8) is 0 Å². The topological polar surface area (TPSA) is 65.2 Å². The van der Waals surface area contributed by atoms with Crippen LogP contribution >= 0.6 is 0 Å². The Labute approximate surface area is 83.1 Å². The van der Waals surface area contributed by atoms with E-state index in [9.17, 15) is 4.79 Å². The van der Waals surface area contributed by atoms with Gasteiger partial charge in [0.25, 0.3) is 0 Å². The van der Waals surface area contributed by atoms with Crippen molar-refractivity contribution in [2.75, 3.05) is 6.61 Å². The number of nitrogens with zero attached hydrogens (tertiary/aromatic N) is 1.